The molecule has 1 fully saturated rings. The summed E-state index contributed by atoms with van der Waals surface area (Å²) in [6, 6.07) is 13.2. The van der Waals surface area contributed by atoms with Crippen LogP contribution in [0.4, 0.5) is 10.1 Å². The van der Waals surface area contributed by atoms with Crippen LogP contribution in [0.2, 0.25) is 0 Å². The van der Waals surface area contributed by atoms with Gasteiger partial charge in [-0.1, -0.05) is 26.0 Å². The van der Waals surface area contributed by atoms with Crippen LogP contribution in [0.3, 0.4) is 0 Å². The summed E-state index contributed by atoms with van der Waals surface area (Å²) in [6.45, 7) is 6.57. The van der Waals surface area contributed by atoms with Crippen LogP contribution in [0, 0.1) is 10.7 Å². The van der Waals surface area contributed by atoms with Crippen LogP contribution in [0.1, 0.15) is 19.4 Å². The maximum absolute atomic E-state index is 13.0. The third-order valence-electron chi connectivity index (χ3n) is 4.22. The van der Waals surface area contributed by atoms with Crippen LogP contribution < -0.4 is 4.90 Å². The summed E-state index contributed by atoms with van der Waals surface area (Å²) in [7, 11) is -1.35. The SMILES string of the molecule is CC.O=NC(=O)Cc1cccc(S(=O)N2CCN(c3ccc(F)cc3)CC2)c1. The topological polar surface area (TPSA) is 70.0 Å². The van der Waals surface area contributed by atoms with E-state index in [0.29, 0.717) is 36.6 Å². The molecule has 0 radical (unpaired) electrons. The highest BCUT2D eigenvalue weighted by Gasteiger charge is 2.22. The second kappa shape index (κ2) is 10.8. The molecular weight excluding hydrogens is 381 g/mol. The predicted octanol–water partition coefficient (Wildman–Crippen LogP) is 3.53. The van der Waals surface area contributed by atoms with Crippen molar-refractivity contribution < 1.29 is 13.4 Å². The molecule has 0 aliphatic carbocycles. The number of piperazine rings is 1. The van der Waals surface area contributed by atoms with Crippen LogP contribution >= 0.6 is 0 Å². The van der Waals surface area contributed by atoms with Gasteiger partial charge >= 0.3 is 0 Å². The molecule has 28 heavy (non-hydrogen) atoms. The summed E-state index contributed by atoms with van der Waals surface area (Å²) in [6.07, 6.45) is -0.0904. The number of benzene rings is 2. The first kappa shape index (κ1) is 21.8. The number of anilines is 1. The number of nitroso groups, excluding NO2 is 1. The Labute approximate surface area is 166 Å². The number of halogens is 1. The van der Waals surface area contributed by atoms with Crippen LogP contribution in [0.15, 0.2) is 58.6 Å². The van der Waals surface area contributed by atoms with Crippen LogP contribution in [0.5, 0.6) is 0 Å². The predicted molar refractivity (Wildman–Crippen MR) is 109 cm³/mol. The maximum Gasteiger partial charge on any atom is 0.290 e. The van der Waals surface area contributed by atoms with Gasteiger partial charge in [0.25, 0.3) is 5.91 Å². The molecule has 3 rings (SSSR count). The van der Waals surface area contributed by atoms with Gasteiger partial charge in [-0.2, -0.15) is 0 Å². The summed E-state index contributed by atoms with van der Waals surface area (Å²) in [4.78, 5) is 24.1. The summed E-state index contributed by atoms with van der Waals surface area (Å²) in [5, 5.41) is 2.39. The maximum atomic E-state index is 13.0. The number of carbonyl (C=O) groups excluding carboxylic acids is 1. The Morgan fingerprint density at radius 2 is 1.71 bits per heavy atom. The highest BCUT2D eigenvalue weighted by molar-refractivity contribution is 7.82. The third-order valence-corrected chi connectivity index (χ3v) is 5.71. The number of hydrogen-bond donors (Lipinski definition) is 0. The van der Waals surface area contributed by atoms with Crippen molar-refractivity contribution in [2.75, 3.05) is 31.1 Å². The van der Waals surface area contributed by atoms with Crippen molar-refractivity contribution in [3.8, 4) is 0 Å². The van der Waals surface area contributed by atoms with E-state index in [9.17, 15) is 18.3 Å². The van der Waals surface area contributed by atoms with E-state index in [2.05, 4.69) is 10.1 Å². The fraction of sp³-hybridized carbons (Fsp3) is 0.350. The van der Waals surface area contributed by atoms with Crippen molar-refractivity contribution in [1.82, 2.24) is 4.31 Å². The van der Waals surface area contributed by atoms with Gasteiger partial charge < -0.3 is 4.90 Å². The van der Waals surface area contributed by atoms with E-state index < -0.39 is 16.9 Å². The number of nitrogens with zero attached hydrogens (tertiary/aromatic N) is 3. The lowest BCUT2D eigenvalue weighted by Gasteiger charge is -2.35. The first-order chi connectivity index (χ1) is 13.6. The largest absolute Gasteiger partial charge is 0.369 e. The fourth-order valence-electron chi connectivity index (χ4n) is 2.88. The standard InChI is InChI=1S/C18H18FN3O3S.C2H6/c19-15-4-6-16(7-5-15)21-8-10-22(11-9-21)26(25)17-3-1-2-14(12-17)13-18(23)20-24;1-2/h1-7,12H,8-11,13H2;1-2H3. The smallest absolute Gasteiger partial charge is 0.290 e. The van der Waals surface area contributed by atoms with Gasteiger partial charge in [-0.15, -0.1) is 4.91 Å². The van der Waals surface area contributed by atoms with Gasteiger partial charge in [-0.3, -0.25) is 4.79 Å². The quantitative estimate of drug-likeness (QED) is 0.714. The second-order valence-corrected chi connectivity index (χ2v) is 7.44. The molecule has 150 valence electrons. The van der Waals surface area contributed by atoms with E-state index in [1.165, 1.54) is 12.1 Å². The van der Waals surface area contributed by atoms with Crippen molar-refractivity contribution in [3.63, 3.8) is 0 Å². The molecule has 1 unspecified atom stereocenters. The molecule has 6 nitrogen and oxygen atoms in total. The van der Waals surface area contributed by atoms with E-state index >= 15 is 0 Å². The van der Waals surface area contributed by atoms with Crippen LogP contribution in [-0.4, -0.2) is 40.6 Å². The first-order valence-electron chi connectivity index (χ1n) is 9.19. The Balaban J connectivity index is 0.00000136. The van der Waals surface area contributed by atoms with Crippen LogP contribution in [-0.2, 0) is 22.2 Å². The second-order valence-electron chi connectivity index (χ2n) is 5.95. The number of hydrogen-bond acceptors (Lipinski definition) is 4. The monoisotopic (exact) mass is 405 g/mol. The third kappa shape index (κ3) is 5.77. The summed E-state index contributed by atoms with van der Waals surface area (Å²) < 4.78 is 27.7. The molecule has 0 aromatic heterocycles. The Morgan fingerprint density at radius 1 is 1.07 bits per heavy atom. The molecule has 1 saturated heterocycles. The van der Waals surface area contributed by atoms with Gasteiger partial charge in [-0.05, 0) is 42.0 Å². The molecule has 1 atom stereocenters. The van der Waals surface area contributed by atoms with E-state index in [1.54, 1.807) is 36.4 Å². The average Bonchev–Trinajstić information content (AvgIpc) is 2.75. The zero-order valence-electron chi connectivity index (χ0n) is 16.0. The molecule has 0 spiro atoms. The highest BCUT2D eigenvalue weighted by Crippen LogP contribution is 2.20. The molecule has 2 aromatic rings. The minimum Gasteiger partial charge on any atom is -0.369 e. The van der Waals surface area contributed by atoms with Crippen LogP contribution in [0.25, 0.3) is 0 Å². The lowest BCUT2D eigenvalue weighted by molar-refractivity contribution is -0.117. The van der Waals surface area contributed by atoms with Gasteiger partial charge in [0.05, 0.1) is 11.3 Å². The Kier molecular flexibility index (Phi) is 8.41. The van der Waals surface area contributed by atoms with Gasteiger partial charge in [0, 0.05) is 37.0 Å². The molecular formula is C20H24FN3O3S. The highest BCUT2D eigenvalue weighted by atomic mass is 32.2. The first-order valence-corrected chi connectivity index (χ1v) is 10.3. The molecule has 0 bridgehead atoms. The number of rotatable bonds is 5. The molecule has 0 N–H and O–H groups in total. The molecule has 8 heteroatoms. The van der Waals surface area contributed by atoms with Gasteiger partial charge in [0.15, 0.2) is 0 Å². The number of amides is 1. The fourth-order valence-corrected chi connectivity index (χ4v) is 4.12. The molecule has 1 amide bonds. The molecule has 0 saturated carbocycles. The molecule has 2 aromatic carbocycles. The Hall–Kier alpha value is -2.45. The lowest BCUT2D eigenvalue weighted by atomic mass is 10.1. The van der Waals surface area contributed by atoms with Crippen molar-refractivity contribution in [3.05, 3.63) is 64.8 Å². The Morgan fingerprint density at radius 3 is 2.32 bits per heavy atom. The zero-order chi connectivity index (χ0) is 20.5. The number of carbonyl (C=O) groups is 1. The van der Waals surface area contributed by atoms with Crippen molar-refractivity contribution in [2.24, 2.45) is 5.18 Å². The van der Waals surface area contributed by atoms with Gasteiger partial charge in [0.2, 0.25) is 0 Å². The summed E-state index contributed by atoms with van der Waals surface area (Å²) in [5.41, 5.74) is 1.56. The summed E-state index contributed by atoms with van der Waals surface area (Å²) >= 11 is 0. The van der Waals surface area contributed by atoms with E-state index in [1.807, 2.05) is 18.2 Å². The van der Waals surface area contributed by atoms with Crippen molar-refractivity contribution in [1.29, 1.82) is 0 Å². The van der Waals surface area contributed by atoms with E-state index in [0.717, 1.165) is 5.69 Å². The normalized spacial score (nSPS) is 15.3. The molecule has 1 aliphatic heterocycles. The van der Waals surface area contributed by atoms with Gasteiger partial charge in [0.1, 0.15) is 16.8 Å². The molecule has 1 aliphatic rings. The van der Waals surface area contributed by atoms with Gasteiger partial charge in [-0.25, -0.2) is 12.9 Å². The van der Waals surface area contributed by atoms with E-state index in [4.69, 9.17) is 0 Å². The minimum absolute atomic E-state index is 0.0904. The van der Waals surface area contributed by atoms with Crippen molar-refractivity contribution >= 4 is 22.6 Å². The summed E-state index contributed by atoms with van der Waals surface area (Å²) in [5.74, 6) is -1.02. The van der Waals surface area contributed by atoms with Crippen molar-refractivity contribution in [2.45, 2.75) is 25.2 Å². The van der Waals surface area contributed by atoms with E-state index in [-0.39, 0.29) is 12.2 Å². The zero-order valence-corrected chi connectivity index (χ0v) is 16.8. The lowest BCUT2D eigenvalue weighted by Crippen LogP contribution is -2.46. The minimum atomic E-state index is -1.35. The average molecular weight is 405 g/mol. The Bertz CT molecular complexity index is 822. The molecule has 1 heterocycles.